The average Bonchev–Trinajstić information content (AvgIpc) is 2.73. The van der Waals surface area contributed by atoms with Gasteiger partial charge in [0.05, 0.1) is 18.8 Å². The van der Waals surface area contributed by atoms with Gasteiger partial charge < -0.3 is 14.4 Å². The van der Waals surface area contributed by atoms with Gasteiger partial charge in [-0.05, 0) is 48.2 Å². The molecule has 4 nitrogen and oxygen atoms in total. The Bertz CT molecular complexity index is 901. The second-order valence-electron chi connectivity index (χ2n) is 7.98. The highest BCUT2D eigenvalue weighted by Gasteiger charge is 2.41. The van der Waals surface area contributed by atoms with Crippen molar-refractivity contribution in [3.8, 4) is 0 Å². The third kappa shape index (κ3) is 3.96. The van der Waals surface area contributed by atoms with E-state index in [0.29, 0.717) is 31.9 Å². The van der Waals surface area contributed by atoms with E-state index in [2.05, 4.69) is 0 Å². The summed E-state index contributed by atoms with van der Waals surface area (Å²) < 4.78 is 49.4. The maximum absolute atomic E-state index is 13.1. The summed E-state index contributed by atoms with van der Waals surface area (Å²) in [4.78, 5) is 14.9. The minimum Gasteiger partial charge on any atom is -0.375 e. The molecule has 0 aliphatic carbocycles. The minimum absolute atomic E-state index is 0.0264. The maximum atomic E-state index is 13.1. The van der Waals surface area contributed by atoms with E-state index in [1.54, 1.807) is 18.1 Å². The van der Waals surface area contributed by atoms with Crippen LogP contribution in [0.25, 0.3) is 0 Å². The Kier molecular flexibility index (Phi) is 5.59. The lowest BCUT2D eigenvalue weighted by molar-refractivity contribution is -0.202. The molecule has 0 saturated carbocycles. The number of benzene rings is 2. The van der Waals surface area contributed by atoms with E-state index in [0.717, 1.165) is 36.1 Å². The maximum Gasteiger partial charge on any atom is 0.416 e. The lowest BCUT2D eigenvalue weighted by atomic mass is 9.88. The Morgan fingerprint density at radius 3 is 2.50 bits per heavy atom. The highest BCUT2D eigenvalue weighted by atomic mass is 19.4. The zero-order valence-corrected chi connectivity index (χ0v) is 16.7. The largest absolute Gasteiger partial charge is 0.416 e. The number of alkyl halides is 3. The van der Waals surface area contributed by atoms with Crippen LogP contribution in [0, 0.1) is 0 Å². The first-order valence-corrected chi connectivity index (χ1v) is 10.0. The molecule has 4 rings (SSSR count). The molecule has 0 N–H and O–H groups in total. The number of piperidine rings is 1. The van der Waals surface area contributed by atoms with E-state index >= 15 is 0 Å². The summed E-state index contributed by atoms with van der Waals surface area (Å²) in [6.45, 7) is 2.05. The van der Waals surface area contributed by atoms with Crippen LogP contribution < -0.4 is 0 Å². The number of hydrogen-bond acceptors (Lipinski definition) is 3. The second-order valence-corrected chi connectivity index (χ2v) is 7.98. The van der Waals surface area contributed by atoms with Crippen molar-refractivity contribution in [1.29, 1.82) is 0 Å². The van der Waals surface area contributed by atoms with Gasteiger partial charge in [-0.2, -0.15) is 13.2 Å². The van der Waals surface area contributed by atoms with Crippen LogP contribution in [-0.2, 0) is 21.3 Å². The molecule has 0 spiro atoms. The molecule has 30 heavy (non-hydrogen) atoms. The molecule has 2 aromatic carbocycles. The third-order valence-electron chi connectivity index (χ3n) is 6.11. The van der Waals surface area contributed by atoms with E-state index < -0.39 is 17.3 Å². The number of halogens is 3. The SMILES string of the molecule is COC1(c2cccc(C(=O)N3CCC[C@@H](c4ccc(C(F)(F)F)cc4)C3)c2)COC1. The zero-order valence-electron chi connectivity index (χ0n) is 16.7. The quantitative estimate of drug-likeness (QED) is 0.727. The van der Waals surface area contributed by atoms with Gasteiger partial charge in [0.15, 0.2) is 0 Å². The van der Waals surface area contributed by atoms with E-state index in [1.165, 1.54) is 12.1 Å². The van der Waals surface area contributed by atoms with Crippen LogP contribution in [0.4, 0.5) is 13.2 Å². The normalized spacial score (nSPS) is 21.2. The van der Waals surface area contributed by atoms with E-state index in [1.807, 2.05) is 18.2 Å². The molecule has 1 amide bonds. The molecule has 160 valence electrons. The van der Waals surface area contributed by atoms with Crippen LogP contribution in [0.3, 0.4) is 0 Å². The molecule has 1 atom stereocenters. The van der Waals surface area contributed by atoms with Gasteiger partial charge in [0.2, 0.25) is 0 Å². The standard InChI is InChI=1S/C23H24F3NO3/c1-29-22(14-30-15-22)20-6-2-4-17(12-20)21(28)27-11-3-5-18(13-27)16-7-9-19(10-8-16)23(24,25)26/h2,4,6-10,12,18H,3,5,11,13-15H2,1H3/t18-/m1/s1. The molecule has 0 aromatic heterocycles. The highest BCUT2D eigenvalue weighted by molar-refractivity contribution is 5.94. The molecule has 2 heterocycles. The summed E-state index contributed by atoms with van der Waals surface area (Å²) in [6.07, 6.45) is -2.69. The minimum atomic E-state index is -4.34. The fourth-order valence-electron chi connectivity index (χ4n) is 4.19. The van der Waals surface area contributed by atoms with Gasteiger partial charge in [0, 0.05) is 31.7 Å². The number of carbonyl (C=O) groups is 1. The van der Waals surface area contributed by atoms with Gasteiger partial charge in [0.25, 0.3) is 5.91 Å². The summed E-state index contributed by atoms with van der Waals surface area (Å²) in [6, 6.07) is 12.7. The zero-order chi connectivity index (χ0) is 21.4. The van der Waals surface area contributed by atoms with Crippen LogP contribution in [0.1, 0.15) is 45.8 Å². The first kappa shape index (κ1) is 20.9. The number of carbonyl (C=O) groups excluding carboxylic acids is 1. The molecule has 2 aromatic rings. The molecule has 0 bridgehead atoms. The Labute approximate surface area is 173 Å². The van der Waals surface area contributed by atoms with E-state index in [4.69, 9.17) is 9.47 Å². The molecular weight excluding hydrogens is 395 g/mol. The Hall–Kier alpha value is -2.38. The Morgan fingerprint density at radius 1 is 1.17 bits per heavy atom. The van der Waals surface area contributed by atoms with Gasteiger partial charge in [-0.3, -0.25) is 4.79 Å². The van der Waals surface area contributed by atoms with Crippen molar-refractivity contribution in [3.05, 3.63) is 70.8 Å². The Morgan fingerprint density at radius 2 is 1.90 bits per heavy atom. The van der Waals surface area contributed by atoms with Crippen molar-refractivity contribution in [2.24, 2.45) is 0 Å². The first-order chi connectivity index (χ1) is 14.3. The van der Waals surface area contributed by atoms with Gasteiger partial charge in [0.1, 0.15) is 5.60 Å². The van der Waals surface area contributed by atoms with Gasteiger partial charge in [-0.15, -0.1) is 0 Å². The summed E-state index contributed by atoms with van der Waals surface area (Å²) in [5, 5.41) is 0. The van der Waals surface area contributed by atoms with Crippen molar-refractivity contribution in [2.45, 2.75) is 30.5 Å². The van der Waals surface area contributed by atoms with Crippen molar-refractivity contribution in [2.75, 3.05) is 33.4 Å². The van der Waals surface area contributed by atoms with Crippen molar-refractivity contribution in [3.63, 3.8) is 0 Å². The molecule has 7 heteroatoms. The topological polar surface area (TPSA) is 38.8 Å². The molecule has 0 unspecified atom stereocenters. The fourth-order valence-corrected chi connectivity index (χ4v) is 4.19. The molecule has 0 radical (unpaired) electrons. The second kappa shape index (κ2) is 8.04. The smallest absolute Gasteiger partial charge is 0.375 e. The number of likely N-dealkylation sites (tertiary alicyclic amines) is 1. The van der Waals surface area contributed by atoms with Gasteiger partial charge >= 0.3 is 6.18 Å². The Balaban J connectivity index is 1.49. The van der Waals surface area contributed by atoms with E-state index in [-0.39, 0.29) is 11.8 Å². The number of ether oxygens (including phenoxy) is 2. The number of nitrogens with zero attached hydrogens (tertiary/aromatic N) is 1. The molecule has 2 aliphatic heterocycles. The molecular formula is C23H24F3NO3. The lowest BCUT2D eigenvalue weighted by Crippen LogP contribution is -2.48. The van der Waals surface area contributed by atoms with Gasteiger partial charge in [-0.25, -0.2) is 0 Å². The third-order valence-corrected chi connectivity index (χ3v) is 6.11. The monoisotopic (exact) mass is 419 g/mol. The van der Waals surface area contributed by atoms with Crippen LogP contribution in [0.15, 0.2) is 48.5 Å². The van der Waals surface area contributed by atoms with Crippen molar-refractivity contribution < 1.29 is 27.4 Å². The summed E-state index contributed by atoms with van der Waals surface area (Å²) in [5.74, 6) is -0.0431. The van der Waals surface area contributed by atoms with Gasteiger partial charge in [-0.1, -0.05) is 24.3 Å². The van der Waals surface area contributed by atoms with Crippen LogP contribution in [-0.4, -0.2) is 44.2 Å². The predicted octanol–water partition coefficient (Wildman–Crippen LogP) is 4.60. The summed E-state index contributed by atoms with van der Waals surface area (Å²) in [7, 11) is 1.64. The number of amides is 1. The average molecular weight is 419 g/mol. The summed E-state index contributed by atoms with van der Waals surface area (Å²) in [5.41, 5.74) is 1.18. The van der Waals surface area contributed by atoms with Crippen LogP contribution in [0.2, 0.25) is 0 Å². The fraction of sp³-hybridized carbons (Fsp3) is 0.435. The van der Waals surface area contributed by atoms with E-state index in [9.17, 15) is 18.0 Å². The summed E-state index contributed by atoms with van der Waals surface area (Å²) >= 11 is 0. The van der Waals surface area contributed by atoms with Crippen LogP contribution >= 0.6 is 0 Å². The predicted molar refractivity (Wildman–Crippen MR) is 105 cm³/mol. The molecule has 2 fully saturated rings. The van der Waals surface area contributed by atoms with Crippen molar-refractivity contribution in [1.82, 2.24) is 4.90 Å². The number of hydrogen-bond donors (Lipinski definition) is 0. The van der Waals surface area contributed by atoms with Crippen molar-refractivity contribution >= 4 is 5.91 Å². The highest BCUT2D eigenvalue weighted by Crippen LogP contribution is 2.35. The number of methoxy groups -OCH3 is 1. The number of rotatable bonds is 4. The van der Waals surface area contributed by atoms with Crippen LogP contribution in [0.5, 0.6) is 0 Å². The lowest BCUT2D eigenvalue weighted by Gasteiger charge is -2.40. The first-order valence-electron chi connectivity index (χ1n) is 10.0. The molecule has 2 aliphatic rings. The molecule has 2 saturated heterocycles.